The topological polar surface area (TPSA) is 37.3 Å². The lowest BCUT2D eigenvalue weighted by Gasteiger charge is -2.08. The van der Waals surface area contributed by atoms with Crippen molar-refractivity contribution in [2.24, 2.45) is 5.92 Å². The molecule has 204 valence electrons. The van der Waals surface area contributed by atoms with Gasteiger partial charge in [-0.2, -0.15) is 0 Å². The third-order valence-electron chi connectivity index (χ3n) is 7.75. The summed E-state index contributed by atoms with van der Waals surface area (Å²) in [5.74, 6) is -0.726. The minimum atomic E-state index is -0.609. The summed E-state index contributed by atoms with van der Waals surface area (Å²) in [5.41, 5.74) is 0. The van der Waals surface area contributed by atoms with Gasteiger partial charge in [0.25, 0.3) is 0 Å². The van der Waals surface area contributed by atoms with Crippen LogP contribution in [0.3, 0.4) is 0 Å². The van der Waals surface area contributed by atoms with E-state index in [2.05, 4.69) is 6.92 Å². The molecule has 0 saturated heterocycles. The molecule has 2 heteroatoms. The Kier molecular flexibility index (Phi) is 28.3. The van der Waals surface area contributed by atoms with Crippen molar-refractivity contribution in [2.45, 2.75) is 194 Å². The third-order valence-corrected chi connectivity index (χ3v) is 7.75. The van der Waals surface area contributed by atoms with Gasteiger partial charge in [-0.05, 0) is 12.8 Å². The standard InChI is InChI=1S/C32H64O2/c1-3-5-6-7-8-9-10-11-12-13-14-15-16-17-18-19-20-21-22-23-24-25-26-27-28-29-30-31(4-2)32(33)34/h31H,3-30H2,1-2H3,(H,33,34). The van der Waals surface area contributed by atoms with Gasteiger partial charge in [0.05, 0.1) is 5.92 Å². The first-order chi connectivity index (χ1) is 16.7. The molecule has 0 aromatic heterocycles. The Hall–Kier alpha value is -0.530. The van der Waals surface area contributed by atoms with E-state index >= 15 is 0 Å². The van der Waals surface area contributed by atoms with Gasteiger partial charge in [-0.3, -0.25) is 4.79 Å². The van der Waals surface area contributed by atoms with E-state index in [1.807, 2.05) is 6.92 Å². The van der Waals surface area contributed by atoms with Crippen LogP contribution in [0.25, 0.3) is 0 Å². The molecular weight excluding hydrogens is 416 g/mol. The largest absolute Gasteiger partial charge is 0.481 e. The van der Waals surface area contributed by atoms with E-state index in [9.17, 15) is 4.79 Å². The molecule has 0 rings (SSSR count). The van der Waals surface area contributed by atoms with Gasteiger partial charge in [-0.25, -0.2) is 0 Å². The number of rotatable bonds is 29. The summed E-state index contributed by atoms with van der Waals surface area (Å²) in [6.45, 7) is 4.28. The predicted molar refractivity (Wildman–Crippen MR) is 152 cm³/mol. The Morgan fingerprint density at radius 3 is 0.882 bits per heavy atom. The predicted octanol–water partition coefficient (Wildman–Crippen LogP) is 11.6. The lowest BCUT2D eigenvalue weighted by Crippen LogP contribution is -2.12. The maximum absolute atomic E-state index is 11.0. The first kappa shape index (κ1) is 33.5. The molecule has 34 heavy (non-hydrogen) atoms. The second kappa shape index (κ2) is 28.7. The lowest BCUT2D eigenvalue weighted by atomic mass is 9.98. The molecule has 2 nitrogen and oxygen atoms in total. The molecule has 0 spiro atoms. The zero-order valence-electron chi connectivity index (χ0n) is 23.7. The summed E-state index contributed by atoms with van der Waals surface area (Å²) in [6, 6.07) is 0. The summed E-state index contributed by atoms with van der Waals surface area (Å²) < 4.78 is 0. The van der Waals surface area contributed by atoms with Crippen LogP contribution in [-0.2, 0) is 4.79 Å². The van der Waals surface area contributed by atoms with Crippen molar-refractivity contribution in [3.8, 4) is 0 Å². The molecule has 0 aliphatic rings. The normalized spacial score (nSPS) is 12.3. The SMILES string of the molecule is CCCCCCCCCCCCCCCCCCCCCCCCCCCCC(CC)C(=O)O. The maximum atomic E-state index is 11.0. The number of unbranched alkanes of at least 4 members (excludes halogenated alkanes) is 25. The molecule has 1 unspecified atom stereocenters. The molecule has 0 aliphatic carbocycles. The van der Waals surface area contributed by atoms with Crippen molar-refractivity contribution in [3.05, 3.63) is 0 Å². The molecule has 1 atom stereocenters. The van der Waals surface area contributed by atoms with Crippen LogP contribution in [0.5, 0.6) is 0 Å². The second-order valence-electron chi connectivity index (χ2n) is 11.1. The Morgan fingerprint density at radius 1 is 0.441 bits per heavy atom. The number of hydrogen-bond donors (Lipinski definition) is 1. The quantitative estimate of drug-likeness (QED) is 0.108. The molecule has 0 aromatic rings. The highest BCUT2D eigenvalue weighted by atomic mass is 16.4. The molecule has 0 heterocycles. The van der Waals surface area contributed by atoms with Crippen LogP contribution < -0.4 is 0 Å². The fourth-order valence-corrected chi connectivity index (χ4v) is 5.21. The second-order valence-corrected chi connectivity index (χ2v) is 11.1. The Bertz CT molecular complexity index is 392. The Balaban J connectivity index is 3.08. The summed E-state index contributed by atoms with van der Waals surface area (Å²) in [7, 11) is 0. The fourth-order valence-electron chi connectivity index (χ4n) is 5.21. The Labute approximate surface area is 215 Å². The van der Waals surface area contributed by atoms with Crippen molar-refractivity contribution >= 4 is 5.97 Å². The number of hydrogen-bond acceptors (Lipinski definition) is 1. The summed E-state index contributed by atoms with van der Waals surface area (Å²) >= 11 is 0. The van der Waals surface area contributed by atoms with Gasteiger partial charge in [-0.15, -0.1) is 0 Å². The van der Waals surface area contributed by atoms with Crippen molar-refractivity contribution in [1.82, 2.24) is 0 Å². The van der Waals surface area contributed by atoms with E-state index in [1.165, 1.54) is 161 Å². The number of carboxylic acids is 1. The van der Waals surface area contributed by atoms with Crippen molar-refractivity contribution < 1.29 is 9.90 Å². The molecule has 0 saturated carbocycles. The molecule has 0 amide bonds. The van der Waals surface area contributed by atoms with Gasteiger partial charge < -0.3 is 5.11 Å². The zero-order chi connectivity index (χ0) is 25.0. The zero-order valence-corrected chi connectivity index (χ0v) is 23.7. The lowest BCUT2D eigenvalue weighted by molar-refractivity contribution is -0.142. The number of carbonyl (C=O) groups is 1. The van der Waals surface area contributed by atoms with Gasteiger partial charge in [0.15, 0.2) is 0 Å². The van der Waals surface area contributed by atoms with Gasteiger partial charge in [0.1, 0.15) is 0 Å². The number of carboxylic acid groups (broad SMARTS) is 1. The van der Waals surface area contributed by atoms with Crippen molar-refractivity contribution in [2.75, 3.05) is 0 Å². The molecule has 1 N–H and O–H groups in total. The average molecular weight is 481 g/mol. The van der Waals surface area contributed by atoms with Gasteiger partial charge in [0, 0.05) is 0 Å². The summed E-state index contributed by atoms with van der Waals surface area (Å²) in [5, 5.41) is 9.07. The smallest absolute Gasteiger partial charge is 0.306 e. The minimum absolute atomic E-state index is 0.116. The van der Waals surface area contributed by atoms with Gasteiger partial charge in [-0.1, -0.05) is 181 Å². The summed E-state index contributed by atoms with van der Waals surface area (Å²) in [4.78, 5) is 11.0. The maximum Gasteiger partial charge on any atom is 0.306 e. The van der Waals surface area contributed by atoms with E-state index in [0.717, 1.165) is 19.3 Å². The monoisotopic (exact) mass is 480 g/mol. The molecule has 0 radical (unpaired) electrons. The highest BCUT2D eigenvalue weighted by Crippen LogP contribution is 2.17. The van der Waals surface area contributed by atoms with Crippen LogP contribution in [0.1, 0.15) is 194 Å². The van der Waals surface area contributed by atoms with Crippen molar-refractivity contribution in [3.63, 3.8) is 0 Å². The molecule has 0 aromatic carbocycles. The van der Waals surface area contributed by atoms with E-state index < -0.39 is 5.97 Å². The Morgan fingerprint density at radius 2 is 0.676 bits per heavy atom. The van der Waals surface area contributed by atoms with Crippen LogP contribution in [0.2, 0.25) is 0 Å². The summed E-state index contributed by atoms with van der Waals surface area (Å²) in [6.07, 6.45) is 38.4. The van der Waals surface area contributed by atoms with E-state index in [0.29, 0.717) is 0 Å². The first-order valence-electron chi connectivity index (χ1n) is 15.9. The third kappa shape index (κ3) is 26.1. The van der Waals surface area contributed by atoms with Gasteiger partial charge in [0.2, 0.25) is 0 Å². The van der Waals surface area contributed by atoms with E-state index in [1.54, 1.807) is 0 Å². The first-order valence-corrected chi connectivity index (χ1v) is 15.9. The molecule has 0 bridgehead atoms. The number of aliphatic carboxylic acids is 1. The highest BCUT2D eigenvalue weighted by molar-refractivity contribution is 5.69. The average Bonchev–Trinajstić information content (AvgIpc) is 2.83. The van der Waals surface area contributed by atoms with Crippen LogP contribution in [0, 0.1) is 5.92 Å². The molecule has 0 fully saturated rings. The fraction of sp³-hybridized carbons (Fsp3) is 0.969. The van der Waals surface area contributed by atoms with Crippen LogP contribution in [0.15, 0.2) is 0 Å². The van der Waals surface area contributed by atoms with E-state index in [4.69, 9.17) is 5.11 Å². The van der Waals surface area contributed by atoms with Crippen LogP contribution in [0.4, 0.5) is 0 Å². The highest BCUT2D eigenvalue weighted by Gasteiger charge is 2.13. The minimum Gasteiger partial charge on any atom is -0.481 e. The van der Waals surface area contributed by atoms with Crippen LogP contribution in [-0.4, -0.2) is 11.1 Å². The van der Waals surface area contributed by atoms with Gasteiger partial charge >= 0.3 is 5.97 Å². The van der Waals surface area contributed by atoms with Crippen molar-refractivity contribution in [1.29, 1.82) is 0 Å². The molecular formula is C32H64O2. The van der Waals surface area contributed by atoms with E-state index in [-0.39, 0.29) is 5.92 Å². The molecule has 0 aliphatic heterocycles. The van der Waals surface area contributed by atoms with Crippen LogP contribution >= 0.6 is 0 Å².